The molecule has 0 aliphatic rings. The SMILES string of the molecule is CCCCNC(=O)COCCOCCCNC(=O)COCCOCCNC(=O)CCC(NC(=O)CCC)C(=O)O. The molecular weight excluding hydrogens is 528 g/mol. The second kappa shape index (κ2) is 26.4. The van der Waals surface area contributed by atoms with Crippen molar-refractivity contribution in [1.29, 1.82) is 0 Å². The minimum atomic E-state index is -1.18. The topological polar surface area (TPSA) is 191 Å². The maximum Gasteiger partial charge on any atom is 0.326 e. The van der Waals surface area contributed by atoms with E-state index >= 15 is 0 Å². The molecule has 0 fully saturated rings. The summed E-state index contributed by atoms with van der Waals surface area (Å²) in [4.78, 5) is 57.9. The van der Waals surface area contributed by atoms with Crippen molar-refractivity contribution in [3.05, 3.63) is 0 Å². The number of carbonyl (C=O) groups is 5. The lowest BCUT2D eigenvalue weighted by atomic mass is 10.1. The highest BCUT2D eigenvalue weighted by Gasteiger charge is 2.20. The minimum absolute atomic E-state index is 0.00403. The van der Waals surface area contributed by atoms with E-state index in [1.807, 2.05) is 6.92 Å². The maximum atomic E-state index is 11.9. The molecule has 0 aromatic rings. The highest BCUT2D eigenvalue weighted by Crippen LogP contribution is 2.00. The van der Waals surface area contributed by atoms with Crippen LogP contribution in [0.25, 0.3) is 0 Å². The number of amides is 4. The zero-order valence-electron chi connectivity index (χ0n) is 23.9. The molecule has 40 heavy (non-hydrogen) atoms. The standard InChI is InChI=1S/C26H48N4O10/c1-3-5-10-27-24(33)19-39-17-15-37-13-6-11-28-25(34)20-40-18-16-38-14-12-29-22(31)9-8-21(26(35)36)30-23(32)7-4-2/h21H,3-20H2,1-2H3,(H,27,33)(H,28,34)(H,29,31)(H,30,32)(H,35,36). The van der Waals surface area contributed by atoms with Crippen molar-refractivity contribution in [2.75, 3.05) is 72.5 Å². The number of ether oxygens (including phenoxy) is 4. The van der Waals surface area contributed by atoms with Gasteiger partial charge in [0.05, 0.1) is 33.0 Å². The number of unbranched alkanes of at least 4 members (excludes halogenated alkanes) is 1. The van der Waals surface area contributed by atoms with Crippen LogP contribution in [0.5, 0.6) is 0 Å². The predicted molar refractivity (Wildman–Crippen MR) is 146 cm³/mol. The Balaban J connectivity index is 3.54. The normalized spacial score (nSPS) is 11.4. The largest absolute Gasteiger partial charge is 0.480 e. The average Bonchev–Trinajstić information content (AvgIpc) is 2.91. The molecule has 0 aromatic carbocycles. The van der Waals surface area contributed by atoms with Gasteiger partial charge in [0.1, 0.15) is 19.3 Å². The van der Waals surface area contributed by atoms with Crippen molar-refractivity contribution < 1.29 is 48.0 Å². The monoisotopic (exact) mass is 576 g/mol. The number of hydrogen-bond donors (Lipinski definition) is 5. The van der Waals surface area contributed by atoms with Crippen LogP contribution in [0.1, 0.15) is 58.8 Å². The lowest BCUT2D eigenvalue weighted by Crippen LogP contribution is -2.41. The predicted octanol–water partition coefficient (Wildman–Crippen LogP) is -0.259. The molecule has 0 radical (unpaired) electrons. The van der Waals surface area contributed by atoms with Gasteiger partial charge in [-0.1, -0.05) is 20.3 Å². The summed E-state index contributed by atoms with van der Waals surface area (Å²) < 4.78 is 21.2. The Labute approximate surface area is 236 Å². The highest BCUT2D eigenvalue weighted by molar-refractivity contribution is 5.84. The van der Waals surface area contributed by atoms with Crippen molar-refractivity contribution in [3.63, 3.8) is 0 Å². The number of hydrogen-bond acceptors (Lipinski definition) is 9. The van der Waals surface area contributed by atoms with Gasteiger partial charge in [-0.3, -0.25) is 19.2 Å². The van der Waals surface area contributed by atoms with Gasteiger partial charge < -0.3 is 45.3 Å². The summed E-state index contributed by atoms with van der Waals surface area (Å²) in [6, 6.07) is -1.10. The number of aliphatic carboxylic acids is 1. The van der Waals surface area contributed by atoms with Gasteiger partial charge in [-0.2, -0.15) is 0 Å². The second-order valence-electron chi connectivity index (χ2n) is 8.83. The summed E-state index contributed by atoms with van der Waals surface area (Å²) in [7, 11) is 0. The van der Waals surface area contributed by atoms with Crippen LogP contribution in [0.15, 0.2) is 0 Å². The molecule has 0 spiro atoms. The number of rotatable bonds is 27. The van der Waals surface area contributed by atoms with Gasteiger partial charge in [0, 0.05) is 39.1 Å². The van der Waals surface area contributed by atoms with Gasteiger partial charge in [-0.25, -0.2) is 4.79 Å². The van der Waals surface area contributed by atoms with Crippen molar-refractivity contribution in [3.8, 4) is 0 Å². The van der Waals surface area contributed by atoms with Gasteiger partial charge in [0.25, 0.3) is 0 Å². The molecule has 14 nitrogen and oxygen atoms in total. The summed E-state index contributed by atoms with van der Waals surface area (Å²) in [6.45, 7) is 6.94. The van der Waals surface area contributed by atoms with Crippen LogP contribution >= 0.6 is 0 Å². The molecule has 232 valence electrons. The number of carbonyl (C=O) groups excluding carboxylic acids is 4. The fourth-order valence-corrected chi connectivity index (χ4v) is 3.06. The van der Waals surface area contributed by atoms with E-state index in [9.17, 15) is 24.0 Å². The molecule has 1 atom stereocenters. The summed E-state index contributed by atoms with van der Waals surface area (Å²) in [5, 5.41) is 19.7. The number of carboxylic acid groups (broad SMARTS) is 1. The van der Waals surface area contributed by atoms with Crippen LogP contribution < -0.4 is 21.3 Å². The van der Waals surface area contributed by atoms with Crippen LogP contribution in [0, 0.1) is 0 Å². The third kappa shape index (κ3) is 24.2. The first-order valence-corrected chi connectivity index (χ1v) is 13.9. The van der Waals surface area contributed by atoms with E-state index in [2.05, 4.69) is 28.2 Å². The Morgan fingerprint density at radius 1 is 0.600 bits per heavy atom. The van der Waals surface area contributed by atoms with Gasteiger partial charge >= 0.3 is 5.97 Å². The van der Waals surface area contributed by atoms with E-state index in [-0.39, 0.29) is 82.5 Å². The Hall–Kier alpha value is -2.81. The molecular formula is C26H48N4O10. The molecule has 0 aromatic heterocycles. The Morgan fingerprint density at radius 3 is 1.73 bits per heavy atom. The molecule has 0 heterocycles. The van der Waals surface area contributed by atoms with Gasteiger partial charge in [-0.05, 0) is 25.7 Å². The molecule has 0 rings (SSSR count). The van der Waals surface area contributed by atoms with E-state index in [4.69, 9.17) is 24.1 Å². The van der Waals surface area contributed by atoms with Crippen LogP contribution in [-0.4, -0.2) is 113 Å². The van der Waals surface area contributed by atoms with Gasteiger partial charge in [0.15, 0.2) is 0 Å². The van der Waals surface area contributed by atoms with Crippen LogP contribution in [0.4, 0.5) is 0 Å². The lowest BCUT2D eigenvalue weighted by Gasteiger charge is -2.14. The van der Waals surface area contributed by atoms with Gasteiger partial charge in [-0.15, -0.1) is 0 Å². The average molecular weight is 577 g/mol. The fraction of sp³-hybridized carbons (Fsp3) is 0.808. The van der Waals surface area contributed by atoms with Crippen molar-refractivity contribution in [2.24, 2.45) is 0 Å². The molecule has 5 N–H and O–H groups in total. The Bertz CT molecular complexity index is 724. The summed E-state index contributed by atoms with van der Waals surface area (Å²) in [6.07, 6.45) is 3.39. The summed E-state index contributed by atoms with van der Waals surface area (Å²) in [5.74, 6) is -2.26. The second-order valence-corrected chi connectivity index (χ2v) is 8.83. The van der Waals surface area contributed by atoms with Crippen LogP contribution in [0.3, 0.4) is 0 Å². The van der Waals surface area contributed by atoms with E-state index in [0.29, 0.717) is 45.8 Å². The van der Waals surface area contributed by atoms with Crippen molar-refractivity contribution >= 4 is 29.6 Å². The summed E-state index contributed by atoms with van der Waals surface area (Å²) in [5.41, 5.74) is 0. The van der Waals surface area contributed by atoms with Crippen LogP contribution in [0.2, 0.25) is 0 Å². The molecule has 0 aliphatic heterocycles. The van der Waals surface area contributed by atoms with Crippen molar-refractivity contribution in [1.82, 2.24) is 21.3 Å². The Morgan fingerprint density at radius 2 is 1.15 bits per heavy atom. The van der Waals surface area contributed by atoms with Crippen molar-refractivity contribution in [2.45, 2.75) is 64.8 Å². The third-order valence-corrected chi connectivity index (χ3v) is 5.19. The first-order valence-electron chi connectivity index (χ1n) is 13.9. The first kappa shape index (κ1) is 37.2. The molecule has 0 aliphatic carbocycles. The highest BCUT2D eigenvalue weighted by atomic mass is 16.5. The molecule has 14 heteroatoms. The quantitative estimate of drug-likeness (QED) is 0.0815. The summed E-state index contributed by atoms with van der Waals surface area (Å²) >= 11 is 0. The smallest absolute Gasteiger partial charge is 0.326 e. The maximum absolute atomic E-state index is 11.9. The van der Waals surface area contributed by atoms with E-state index in [1.165, 1.54) is 0 Å². The molecule has 0 saturated heterocycles. The zero-order chi connectivity index (χ0) is 29.8. The zero-order valence-corrected chi connectivity index (χ0v) is 23.9. The minimum Gasteiger partial charge on any atom is -0.480 e. The van der Waals surface area contributed by atoms with E-state index in [0.717, 1.165) is 12.8 Å². The fourth-order valence-electron chi connectivity index (χ4n) is 3.06. The van der Waals surface area contributed by atoms with Gasteiger partial charge in [0.2, 0.25) is 23.6 Å². The lowest BCUT2D eigenvalue weighted by molar-refractivity contribution is -0.142. The third-order valence-electron chi connectivity index (χ3n) is 5.19. The molecule has 0 saturated carbocycles. The first-order chi connectivity index (χ1) is 19.3. The molecule has 1 unspecified atom stereocenters. The molecule has 0 bridgehead atoms. The Kier molecular flexibility index (Phi) is 24.6. The van der Waals surface area contributed by atoms with Crippen LogP contribution in [-0.2, 0) is 42.9 Å². The number of nitrogens with one attached hydrogen (secondary N) is 4. The number of carboxylic acids is 1. The van der Waals surface area contributed by atoms with E-state index in [1.54, 1.807) is 0 Å². The molecule has 4 amide bonds. The van der Waals surface area contributed by atoms with E-state index < -0.39 is 12.0 Å².